The standard InChI is InChI=1S/C21H16N2O6/c1-2-11-12-5-10(29-9-24)3-4-16(12)22-18-14(11)7-23-17(18)6-13-15(20(23)26)8-28-21(27)19(13)25/h3-6,9,19,25H,2,7-8H2,1H3/t19-/m0/s1. The molecule has 1 atom stereocenters. The number of aromatic nitrogens is 2. The second-order valence-electron chi connectivity index (χ2n) is 7.03. The molecule has 0 saturated carbocycles. The van der Waals surface area contributed by atoms with Gasteiger partial charge in [-0.1, -0.05) is 6.92 Å². The number of fused-ring (bicyclic) bond motifs is 5. The molecule has 2 aliphatic heterocycles. The van der Waals surface area contributed by atoms with Gasteiger partial charge in [0.25, 0.3) is 12.0 Å². The first-order valence-electron chi connectivity index (χ1n) is 9.21. The van der Waals surface area contributed by atoms with Crippen molar-refractivity contribution >= 4 is 23.3 Å². The van der Waals surface area contributed by atoms with Crippen molar-refractivity contribution in [3.63, 3.8) is 0 Å². The zero-order valence-corrected chi connectivity index (χ0v) is 15.5. The average molecular weight is 392 g/mol. The summed E-state index contributed by atoms with van der Waals surface area (Å²) in [6, 6.07) is 6.85. The minimum Gasteiger partial charge on any atom is -0.458 e. The Kier molecular flexibility index (Phi) is 3.78. The lowest BCUT2D eigenvalue weighted by Gasteiger charge is -2.21. The maximum absolute atomic E-state index is 13.0. The van der Waals surface area contributed by atoms with Crippen molar-refractivity contribution in [3.05, 3.63) is 56.9 Å². The molecule has 1 aromatic carbocycles. The topological polar surface area (TPSA) is 108 Å². The zero-order valence-electron chi connectivity index (χ0n) is 15.5. The number of pyridine rings is 2. The van der Waals surface area contributed by atoms with Gasteiger partial charge in [0.15, 0.2) is 6.10 Å². The monoisotopic (exact) mass is 392 g/mol. The molecule has 8 heteroatoms. The van der Waals surface area contributed by atoms with Gasteiger partial charge in [-0.2, -0.15) is 0 Å². The van der Waals surface area contributed by atoms with Crippen molar-refractivity contribution < 1.29 is 24.2 Å². The van der Waals surface area contributed by atoms with Crippen LogP contribution in [0, 0.1) is 0 Å². The number of carbonyl (C=O) groups is 2. The van der Waals surface area contributed by atoms with Gasteiger partial charge in [0.1, 0.15) is 12.4 Å². The summed E-state index contributed by atoms with van der Waals surface area (Å²) in [4.78, 5) is 40.2. The number of hydrogen-bond donors (Lipinski definition) is 1. The highest BCUT2D eigenvalue weighted by molar-refractivity contribution is 5.89. The molecule has 29 heavy (non-hydrogen) atoms. The quantitative estimate of drug-likeness (QED) is 0.417. The Hall–Kier alpha value is -3.52. The van der Waals surface area contributed by atoms with Crippen LogP contribution in [-0.2, 0) is 33.9 Å². The third-order valence-electron chi connectivity index (χ3n) is 5.58. The number of ether oxygens (including phenoxy) is 2. The number of carbonyl (C=O) groups excluding carboxylic acids is 2. The molecule has 4 heterocycles. The molecule has 0 aliphatic carbocycles. The summed E-state index contributed by atoms with van der Waals surface area (Å²) in [6.07, 6.45) is -0.783. The van der Waals surface area contributed by atoms with Crippen LogP contribution in [0.25, 0.3) is 22.3 Å². The molecule has 8 nitrogen and oxygen atoms in total. The lowest BCUT2D eigenvalue weighted by molar-refractivity contribution is -0.157. The lowest BCUT2D eigenvalue weighted by Crippen LogP contribution is -2.32. The minimum atomic E-state index is -1.48. The molecule has 2 aromatic heterocycles. The highest BCUT2D eigenvalue weighted by Gasteiger charge is 2.34. The Bertz CT molecular complexity index is 1280. The van der Waals surface area contributed by atoms with Crippen LogP contribution in [0.4, 0.5) is 0 Å². The summed E-state index contributed by atoms with van der Waals surface area (Å²) in [6.45, 7) is 2.58. The Morgan fingerprint density at radius 1 is 1.31 bits per heavy atom. The van der Waals surface area contributed by atoms with E-state index in [0.29, 0.717) is 42.1 Å². The van der Waals surface area contributed by atoms with E-state index in [9.17, 15) is 19.5 Å². The average Bonchev–Trinajstić information content (AvgIpc) is 3.08. The predicted octanol–water partition coefficient (Wildman–Crippen LogP) is 1.61. The molecule has 146 valence electrons. The van der Waals surface area contributed by atoms with Gasteiger partial charge in [-0.3, -0.25) is 9.59 Å². The molecule has 0 spiro atoms. The zero-order chi connectivity index (χ0) is 20.3. The van der Waals surface area contributed by atoms with E-state index in [1.165, 1.54) is 0 Å². The summed E-state index contributed by atoms with van der Waals surface area (Å²) in [5.41, 5.74) is 4.13. The molecule has 5 rings (SSSR count). The lowest BCUT2D eigenvalue weighted by atomic mass is 9.97. The van der Waals surface area contributed by atoms with Gasteiger partial charge in [0, 0.05) is 16.5 Å². The fourth-order valence-electron chi connectivity index (χ4n) is 4.22. The van der Waals surface area contributed by atoms with Crippen LogP contribution in [0.15, 0.2) is 29.1 Å². The number of hydrogen-bond acceptors (Lipinski definition) is 7. The van der Waals surface area contributed by atoms with Gasteiger partial charge >= 0.3 is 5.97 Å². The van der Waals surface area contributed by atoms with Crippen LogP contribution in [0.5, 0.6) is 5.75 Å². The molecule has 2 aliphatic rings. The third kappa shape index (κ3) is 2.42. The van der Waals surface area contributed by atoms with Crippen molar-refractivity contribution in [2.75, 3.05) is 0 Å². The first kappa shape index (κ1) is 17.6. The molecule has 0 unspecified atom stereocenters. The van der Waals surface area contributed by atoms with Crippen LogP contribution in [-0.4, -0.2) is 27.1 Å². The Balaban J connectivity index is 1.78. The molecule has 0 radical (unpaired) electrons. The maximum Gasteiger partial charge on any atom is 0.340 e. The van der Waals surface area contributed by atoms with Crippen molar-refractivity contribution in [2.24, 2.45) is 0 Å². The second-order valence-corrected chi connectivity index (χ2v) is 7.03. The highest BCUT2D eigenvalue weighted by atomic mass is 16.5. The van der Waals surface area contributed by atoms with Crippen LogP contribution in [0.2, 0.25) is 0 Å². The molecule has 0 amide bonds. The van der Waals surface area contributed by atoms with E-state index >= 15 is 0 Å². The van der Waals surface area contributed by atoms with Crippen LogP contribution < -0.4 is 10.3 Å². The molecule has 0 fully saturated rings. The van der Waals surface area contributed by atoms with Crippen LogP contribution >= 0.6 is 0 Å². The molecule has 3 aromatic rings. The number of aliphatic hydroxyl groups is 1. The van der Waals surface area contributed by atoms with Crippen molar-refractivity contribution in [1.82, 2.24) is 9.55 Å². The fourth-order valence-corrected chi connectivity index (χ4v) is 4.22. The number of rotatable bonds is 3. The van der Waals surface area contributed by atoms with E-state index in [1.807, 2.05) is 6.92 Å². The van der Waals surface area contributed by atoms with Crippen LogP contribution in [0.1, 0.15) is 35.3 Å². The number of esters is 1. The first-order valence-corrected chi connectivity index (χ1v) is 9.21. The van der Waals surface area contributed by atoms with Gasteiger partial charge in [-0.15, -0.1) is 0 Å². The predicted molar refractivity (Wildman–Crippen MR) is 101 cm³/mol. The number of cyclic esters (lactones) is 1. The molecular weight excluding hydrogens is 376 g/mol. The third-order valence-corrected chi connectivity index (χ3v) is 5.58. The normalized spacial score (nSPS) is 16.8. The minimum absolute atomic E-state index is 0.150. The Labute approximate surface area is 164 Å². The second kappa shape index (κ2) is 6.25. The van der Waals surface area contributed by atoms with E-state index < -0.39 is 12.1 Å². The molecule has 0 saturated heterocycles. The number of benzene rings is 1. The Morgan fingerprint density at radius 2 is 2.14 bits per heavy atom. The highest BCUT2D eigenvalue weighted by Crippen LogP contribution is 2.38. The van der Waals surface area contributed by atoms with Crippen molar-refractivity contribution in [2.45, 2.75) is 32.6 Å². The first-order chi connectivity index (χ1) is 14.0. The van der Waals surface area contributed by atoms with Crippen LogP contribution in [0.3, 0.4) is 0 Å². The summed E-state index contributed by atoms with van der Waals surface area (Å²) < 4.78 is 11.5. The summed E-state index contributed by atoms with van der Waals surface area (Å²) in [7, 11) is 0. The number of aryl methyl sites for hydroxylation is 1. The van der Waals surface area contributed by atoms with Crippen molar-refractivity contribution in [1.29, 1.82) is 0 Å². The van der Waals surface area contributed by atoms with E-state index in [2.05, 4.69) is 0 Å². The number of nitrogens with zero attached hydrogens (tertiary/aromatic N) is 2. The SMILES string of the molecule is CCc1c2c(nc3ccc(OC=O)cc13)-c1cc3c(c(=O)n1C2)COC(=O)[C@H]3O. The van der Waals surface area contributed by atoms with Gasteiger partial charge in [0.05, 0.1) is 29.0 Å². The summed E-state index contributed by atoms with van der Waals surface area (Å²) in [5.74, 6) is -0.339. The van der Waals surface area contributed by atoms with E-state index in [4.69, 9.17) is 14.5 Å². The molecule has 0 bridgehead atoms. The van der Waals surface area contributed by atoms with Gasteiger partial charge in [-0.05, 0) is 36.2 Å². The van der Waals surface area contributed by atoms with Gasteiger partial charge < -0.3 is 19.1 Å². The smallest absolute Gasteiger partial charge is 0.340 e. The Morgan fingerprint density at radius 3 is 2.90 bits per heavy atom. The molecule has 1 N–H and O–H groups in total. The molecular formula is C21H16N2O6. The summed E-state index contributed by atoms with van der Waals surface area (Å²) in [5, 5.41) is 11.1. The van der Waals surface area contributed by atoms with E-state index in [-0.39, 0.29) is 23.3 Å². The number of aliphatic hydroxyl groups excluding tert-OH is 1. The van der Waals surface area contributed by atoms with E-state index in [0.717, 1.165) is 16.5 Å². The summed E-state index contributed by atoms with van der Waals surface area (Å²) >= 11 is 0. The largest absolute Gasteiger partial charge is 0.458 e. The maximum atomic E-state index is 13.0. The van der Waals surface area contributed by atoms with Crippen molar-refractivity contribution in [3.8, 4) is 17.1 Å². The van der Waals surface area contributed by atoms with Gasteiger partial charge in [0.2, 0.25) is 0 Å². The van der Waals surface area contributed by atoms with Gasteiger partial charge in [-0.25, -0.2) is 9.78 Å². The fraction of sp³-hybridized carbons (Fsp3) is 0.238. The van der Waals surface area contributed by atoms with E-state index in [1.54, 1.807) is 28.8 Å².